The summed E-state index contributed by atoms with van der Waals surface area (Å²) in [5.41, 5.74) is 0.852. The molecule has 2 nitrogen and oxygen atoms in total. The summed E-state index contributed by atoms with van der Waals surface area (Å²) in [5.74, 6) is 1.71. The van der Waals surface area contributed by atoms with Crippen molar-refractivity contribution in [1.29, 1.82) is 0 Å². The van der Waals surface area contributed by atoms with Crippen LogP contribution in [0.3, 0.4) is 0 Å². The lowest BCUT2D eigenvalue weighted by molar-refractivity contribution is -0.136. The molecule has 0 fully saturated rings. The Bertz CT molecular complexity index is 376. The van der Waals surface area contributed by atoms with Gasteiger partial charge in [0.25, 0.3) is 0 Å². The molecule has 0 heterocycles. The van der Waals surface area contributed by atoms with Gasteiger partial charge >= 0.3 is 5.97 Å². The number of allylic oxidation sites excluding steroid dienone is 5. The van der Waals surface area contributed by atoms with E-state index in [1.165, 1.54) is 7.11 Å². The number of esters is 1. The van der Waals surface area contributed by atoms with Crippen LogP contribution in [0.25, 0.3) is 0 Å². The molecule has 14 heavy (non-hydrogen) atoms. The minimum atomic E-state index is -0.164. The first-order valence-corrected chi connectivity index (χ1v) is 4.98. The van der Waals surface area contributed by atoms with Crippen LogP contribution >= 0.6 is 0 Å². The van der Waals surface area contributed by atoms with Gasteiger partial charge in [-0.05, 0) is 11.8 Å². The second kappa shape index (κ2) is 2.59. The van der Waals surface area contributed by atoms with Gasteiger partial charge in [0.05, 0.1) is 7.11 Å². The normalized spacial score (nSPS) is 41.4. The van der Waals surface area contributed by atoms with E-state index in [1.807, 2.05) is 0 Å². The number of rotatable bonds is 1. The summed E-state index contributed by atoms with van der Waals surface area (Å²) in [5, 5.41) is 0. The molecule has 0 amide bonds. The third-order valence-electron chi connectivity index (χ3n) is 3.55. The van der Waals surface area contributed by atoms with Crippen LogP contribution in [0.15, 0.2) is 36.0 Å². The van der Waals surface area contributed by atoms with Gasteiger partial charge in [0.15, 0.2) is 0 Å². The zero-order chi connectivity index (χ0) is 9.71. The third kappa shape index (κ3) is 0.834. The fourth-order valence-electron chi connectivity index (χ4n) is 2.94. The maximum Gasteiger partial charge on any atom is 0.334 e. The molecule has 0 aromatic carbocycles. The molecule has 2 heteroatoms. The number of carbonyl (C=O) groups is 1. The summed E-state index contributed by atoms with van der Waals surface area (Å²) in [7, 11) is 1.45. The molecule has 0 aliphatic heterocycles. The zero-order valence-electron chi connectivity index (χ0n) is 8.01. The van der Waals surface area contributed by atoms with E-state index in [4.69, 9.17) is 4.74 Å². The zero-order valence-corrected chi connectivity index (χ0v) is 8.01. The van der Waals surface area contributed by atoms with Crippen molar-refractivity contribution in [2.45, 2.75) is 0 Å². The first kappa shape index (κ1) is 8.04. The Kier molecular flexibility index (Phi) is 1.49. The molecule has 0 saturated heterocycles. The van der Waals surface area contributed by atoms with Crippen molar-refractivity contribution in [3.8, 4) is 0 Å². The number of hydrogen-bond acceptors (Lipinski definition) is 2. The minimum absolute atomic E-state index is 0.164. The first-order chi connectivity index (χ1) is 6.81. The second-order valence-corrected chi connectivity index (χ2v) is 4.14. The summed E-state index contributed by atoms with van der Waals surface area (Å²) in [6.45, 7) is 0. The Balaban J connectivity index is 1.99. The van der Waals surface area contributed by atoms with E-state index < -0.39 is 0 Å². The van der Waals surface area contributed by atoms with Crippen molar-refractivity contribution < 1.29 is 9.53 Å². The van der Waals surface area contributed by atoms with E-state index in [2.05, 4.69) is 30.4 Å². The summed E-state index contributed by atoms with van der Waals surface area (Å²) >= 11 is 0. The summed E-state index contributed by atoms with van der Waals surface area (Å²) in [6, 6.07) is 0. The number of carbonyl (C=O) groups excluding carboxylic acids is 1. The van der Waals surface area contributed by atoms with Crippen LogP contribution in [0.1, 0.15) is 0 Å². The molecule has 0 aromatic heterocycles. The van der Waals surface area contributed by atoms with Gasteiger partial charge in [-0.1, -0.05) is 30.4 Å². The van der Waals surface area contributed by atoms with Crippen molar-refractivity contribution in [2.24, 2.45) is 23.7 Å². The van der Waals surface area contributed by atoms with Crippen LogP contribution in [-0.2, 0) is 9.53 Å². The van der Waals surface area contributed by atoms with E-state index in [1.54, 1.807) is 0 Å². The third-order valence-corrected chi connectivity index (χ3v) is 3.55. The van der Waals surface area contributed by atoms with Gasteiger partial charge in [0, 0.05) is 17.4 Å². The fraction of sp³-hybridized carbons (Fsp3) is 0.417. The molecular weight excluding hydrogens is 176 g/mol. The standard InChI is InChI=1S/C12H12O2/c1-14-12(13)10-6-8-3-2-7-4-5-9(10)11(7)8/h2-9,11H,1H3/t7-,8+,9+,11-/m1/s1. The predicted octanol–water partition coefficient (Wildman–Crippen LogP) is 1.70. The summed E-state index contributed by atoms with van der Waals surface area (Å²) < 4.78 is 4.78. The van der Waals surface area contributed by atoms with E-state index >= 15 is 0 Å². The van der Waals surface area contributed by atoms with E-state index in [-0.39, 0.29) is 5.97 Å². The highest BCUT2D eigenvalue weighted by atomic mass is 16.5. The number of ether oxygens (including phenoxy) is 1. The molecule has 0 saturated carbocycles. The van der Waals surface area contributed by atoms with Crippen LogP contribution in [-0.4, -0.2) is 13.1 Å². The molecule has 3 rings (SSSR count). The van der Waals surface area contributed by atoms with Gasteiger partial charge in [-0.2, -0.15) is 0 Å². The topological polar surface area (TPSA) is 26.3 Å². The molecule has 0 N–H and O–H groups in total. The maximum absolute atomic E-state index is 11.5. The molecule has 72 valence electrons. The number of hydrogen-bond donors (Lipinski definition) is 0. The van der Waals surface area contributed by atoms with Crippen LogP contribution in [0.2, 0.25) is 0 Å². The average molecular weight is 188 g/mol. The van der Waals surface area contributed by atoms with Crippen LogP contribution in [0.4, 0.5) is 0 Å². The van der Waals surface area contributed by atoms with Crippen LogP contribution in [0.5, 0.6) is 0 Å². The van der Waals surface area contributed by atoms with E-state index in [0.29, 0.717) is 23.7 Å². The van der Waals surface area contributed by atoms with E-state index in [9.17, 15) is 4.79 Å². The fourth-order valence-corrected chi connectivity index (χ4v) is 2.94. The van der Waals surface area contributed by atoms with Gasteiger partial charge in [-0.25, -0.2) is 4.79 Å². The largest absolute Gasteiger partial charge is 0.466 e. The van der Waals surface area contributed by atoms with Crippen molar-refractivity contribution in [2.75, 3.05) is 7.11 Å². The molecule has 0 aromatic rings. The molecule has 3 aliphatic carbocycles. The highest BCUT2D eigenvalue weighted by Crippen LogP contribution is 2.51. The Hall–Kier alpha value is -1.31. The minimum Gasteiger partial charge on any atom is -0.466 e. The Morgan fingerprint density at radius 3 is 2.71 bits per heavy atom. The SMILES string of the molecule is COC(=O)C1=C[C@@H]2C=C[C@@H]3C=C[C@@H]1[C@H]32. The average Bonchev–Trinajstić information content (AvgIpc) is 2.83. The highest BCUT2D eigenvalue weighted by molar-refractivity contribution is 5.90. The maximum atomic E-state index is 11.5. The van der Waals surface area contributed by atoms with Gasteiger partial charge < -0.3 is 4.74 Å². The molecule has 0 spiro atoms. The molecule has 4 atom stereocenters. The van der Waals surface area contributed by atoms with Gasteiger partial charge in [-0.3, -0.25) is 0 Å². The van der Waals surface area contributed by atoms with Gasteiger partial charge in [-0.15, -0.1) is 0 Å². The highest BCUT2D eigenvalue weighted by Gasteiger charge is 2.46. The van der Waals surface area contributed by atoms with Crippen LogP contribution < -0.4 is 0 Å². The Morgan fingerprint density at radius 1 is 1.21 bits per heavy atom. The smallest absolute Gasteiger partial charge is 0.334 e. The second-order valence-electron chi connectivity index (χ2n) is 4.14. The summed E-state index contributed by atoms with van der Waals surface area (Å²) in [6.07, 6.45) is 10.9. The quantitative estimate of drug-likeness (QED) is 0.462. The Labute approximate surface area is 82.9 Å². The number of methoxy groups -OCH3 is 1. The van der Waals surface area contributed by atoms with Crippen LogP contribution in [0, 0.1) is 23.7 Å². The molecule has 0 radical (unpaired) electrons. The lowest BCUT2D eigenvalue weighted by Crippen LogP contribution is -2.16. The van der Waals surface area contributed by atoms with E-state index in [0.717, 1.165) is 5.57 Å². The lowest BCUT2D eigenvalue weighted by Gasteiger charge is -2.16. The van der Waals surface area contributed by atoms with Crippen molar-refractivity contribution in [3.63, 3.8) is 0 Å². The Morgan fingerprint density at radius 2 is 1.93 bits per heavy atom. The lowest BCUT2D eigenvalue weighted by atomic mass is 9.87. The van der Waals surface area contributed by atoms with Crippen molar-refractivity contribution >= 4 is 5.97 Å². The first-order valence-electron chi connectivity index (χ1n) is 4.98. The van der Waals surface area contributed by atoms with Crippen molar-refractivity contribution in [1.82, 2.24) is 0 Å². The predicted molar refractivity (Wildman–Crippen MR) is 52.3 cm³/mol. The van der Waals surface area contributed by atoms with Gasteiger partial charge in [0.1, 0.15) is 0 Å². The monoisotopic (exact) mass is 188 g/mol. The van der Waals surface area contributed by atoms with Crippen molar-refractivity contribution in [3.05, 3.63) is 36.0 Å². The molecule has 0 unspecified atom stereocenters. The summed E-state index contributed by atoms with van der Waals surface area (Å²) in [4.78, 5) is 11.5. The molecule has 0 bridgehead atoms. The molecule has 3 aliphatic rings. The molecular formula is C12H12O2. The van der Waals surface area contributed by atoms with Gasteiger partial charge in [0.2, 0.25) is 0 Å².